The molecule has 0 amide bonds. The fourth-order valence-corrected chi connectivity index (χ4v) is 4.34. The van der Waals surface area contributed by atoms with E-state index in [-0.39, 0.29) is 11.5 Å². The first-order valence-corrected chi connectivity index (χ1v) is 7.50. The molecule has 13 heavy (non-hydrogen) atoms. The van der Waals surface area contributed by atoms with Crippen LogP contribution in [-0.4, -0.2) is 46.1 Å². The van der Waals surface area contributed by atoms with Gasteiger partial charge >= 0.3 is 0 Å². The van der Waals surface area contributed by atoms with Gasteiger partial charge in [0.1, 0.15) is 6.10 Å². The van der Waals surface area contributed by atoms with Crippen LogP contribution < -0.4 is 0 Å². The van der Waals surface area contributed by atoms with E-state index in [1.165, 1.54) is 0 Å². The number of sulfone groups is 1. The average molecular weight is 249 g/mol. The minimum atomic E-state index is -3.64. The summed E-state index contributed by atoms with van der Waals surface area (Å²) in [5.74, 6) is -0.553. The van der Waals surface area contributed by atoms with Gasteiger partial charge in [-0.25, -0.2) is 8.42 Å². The molecule has 0 radical (unpaired) electrons. The van der Waals surface area contributed by atoms with E-state index in [9.17, 15) is 16.8 Å². The van der Waals surface area contributed by atoms with Crippen LogP contribution in [0.15, 0.2) is 0 Å². The van der Waals surface area contributed by atoms with Gasteiger partial charge in [-0.05, 0) is 0 Å². The van der Waals surface area contributed by atoms with Crippen molar-refractivity contribution in [3.05, 3.63) is 0 Å². The molecule has 0 aromatic rings. The monoisotopic (exact) mass is 248 g/mol. The van der Waals surface area contributed by atoms with Crippen LogP contribution in [0.5, 0.6) is 0 Å². The topological polar surface area (TPSA) is 77.5 Å². The fraction of sp³-hybridized carbons (Fsp3) is 1.00. The largest absolute Gasteiger partial charge is 0.264 e. The van der Waals surface area contributed by atoms with Crippen LogP contribution in [0.25, 0.3) is 0 Å². The molecule has 0 spiro atoms. The highest BCUT2D eigenvalue weighted by Crippen LogP contribution is 2.21. The summed E-state index contributed by atoms with van der Waals surface area (Å²) in [6.45, 7) is 0. The van der Waals surface area contributed by atoms with Crippen LogP contribution in [0, 0.1) is 0 Å². The molecule has 2 atom stereocenters. The van der Waals surface area contributed by atoms with E-state index in [4.69, 9.17) is 11.6 Å². The van der Waals surface area contributed by atoms with Crippen molar-refractivity contribution in [3.63, 3.8) is 0 Å². The lowest BCUT2D eigenvalue weighted by Crippen LogP contribution is -2.25. The van der Waals surface area contributed by atoms with Gasteiger partial charge in [-0.15, -0.1) is 11.6 Å². The molecular weight excluding hydrogens is 240 g/mol. The van der Waals surface area contributed by atoms with E-state index in [2.05, 4.69) is 4.18 Å². The summed E-state index contributed by atoms with van der Waals surface area (Å²) < 4.78 is 47.8. The highest BCUT2D eigenvalue weighted by atomic mass is 35.5. The van der Waals surface area contributed by atoms with Crippen molar-refractivity contribution in [1.82, 2.24) is 0 Å². The predicted molar refractivity (Wildman–Crippen MR) is 48.0 cm³/mol. The van der Waals surface area contributed by atoms with Crippen molar-refractivity contribution in [1.29, 1.82) is 0 Å². The molecule has 1 fully saturated rings. The van der Waals surface area contributed by atoms with Gasteiger partial charge < -0.3 is 0 Å². The molecule has 78 valence electrons. The second kappa shape index (κ2) is 3.38. The zero-order valence-corrected chi connectivity index (χ0v) is 9.19. The predicted octanol–water partition coefficient (Wildman–Crippen LogP) is -0.633. The maximum Gasteiger partial charge on any atom is 0.264 e. The van der Waals surface area contributed by atoms with Crippen molar-refractivity contribution < 1.29 is 21.0 Å². The third-order valence-corrected chi connectivity index (χ3v) is 4.45. The standard InChI is InChI=1S/C5H9ClO5S2/c1-12(7,8)11-5-3-13(9,10)2-4(5)6/h4-5H,2-3H2,1H3/t4-,5-/m1/s1. The lowest BCUT2D eigenvalue weighted by molar-refractivity contribution is 0.241. The number of halogens is 1. The Kier molecular flexibility index (Phi) is 2.92. The molecule has 0 saturated carbocycles. The number of hydrogen-bond donors (Lipinski definition) is 0. The van der Waals surface area contributed by atoms with Gasteiger partial charge in [0.25, 0.3) is 10.1 Å². The third kappa shape index (κ3) is 3.41. The molecule has 0 N–H and O–H groups in total. The maximum absolute atomic E-state index is 11.0. The lowest BCUT2D eigenvalue weighted by Gasteiger charge is -2.10. The van der Waals surface area contributed by atoms with Gasteiger partial charge in [0.15, 0.2) is 9.84 Å². The Hall–Kier alpha value is 0.150. The van der Waals surface area contributed by atoms with Crippen molar-refractivity contribution in [2.45, 2.75) is 11.5 Å². The quantitative estimate of drug-likeness (QED) is 0.480. The highest BCUT2D eigenvalue weighted by molar-refractivity contribution is 7.92. The molecule has 1 rings (SSSR count). The van der Waals surface area contributed by atoms with Crippen molar-refractivity contribution >= 4 is 31.6 Å². The molecular formula is C5H9ClO5S2. The molecule has 0 aliphatic carbocycles. The van der Waals surface area contributed by atoms with Gasteiger partial charge in [0.2, 0.25) is 0 Å². The number of hydrogen-bond acceptors (Lipinski definition) is 5. The molecule has 0 bridgehead atoms. The maximum atomic E-state index is 11.0. The van der Waals surface area contributed by atoms with Gasteiger partial charge in [0, 0.05) is 0 Å². The molecule has 8 heteroatoms. The lowest BCUT2D eigenvalue weighted by atomic mass is 10.3. The van der Waals surface area contributed by atoms with Crippen LogP contribution in [0.4, 0.5) is 0 Å². The molecule has 0 aromatic carbocycles. The molecule has 1 aliphatic rings. The number of alkyl halides is 1. The Morgan fingerprint density at radius 2 is 1.92 bits per heavy atom. The van der Waals surface area contributed by atoms with Crippen LogP contribution in [0.3, 0.4) is 0 Å². The zero-order valence-electron chi connectivity index (χ0n) is 6.80. The van der Waals surface area contributed by atoms with Crippen LogP contribution >= 0.6 is 11.6 Å². The second-order valence-corrected chi connectivity index (χ2v) is 7.25. The Bertz CT molecular complexity index is 383. The van der Waals surface area contributed by atoms with E-state index in [0.29, 0.717) is 0 Å². The minimum absolute atomic E-state index is 0.227. The van der Waals surface area contributed by atoms with E-state index in [0.717, 1.165) is 6.26 Å². The normalized spacial score (nSPS) is 33.4. The summed E-state index contributed by atoms with van der Waals surface area (Å²) in [5.41, 5.74) is 0. The Balaban J connectivity index is 2.76. The minimum Gasteiger partial charge on any atom is -0.264 e. The summed E-state index contributed by atoms with van der Waals surface area (Å²) in [4.78, 5) is 0. The summed E-state index contributed by atoms with van der Waals surface area (Å²) in [6, 6.07) is 0. The first-order chi connectivity index (χ1) is 5.70. The van der Waals surface area contributed by atoms with E-state index < -0.39 is 31.4 Å². The van der Waals surface area contributed by atoms with E-state index >= 15 is 0 Å². The SMILES string of the molecule is CS(=O)(=O)O[C@@H]1CS(=O)(=O)C[C@H]1Cl. The molecule has 5 nitrogen and oxygen atoms in total. The van der Waals surface area contributed by atoms with Gasteiger partial charge in [-0.1, -0.05) is 0 Å². The van der Waals surface area contributed by atoms with Crippen LogP contribution in [0.2, 0.25) is 0 Å². The molecule has 1 saturated heterocycles. The summed E-state index contributed by atoms with van der Waals surface area (Å²) in [7, 11) is -6.88. The summed E-state index contributed by atoms with van der Waals surface area (Å²) >= 11 is 5.60. The first-order valence-electron chi connectivity index (χ1n) is 3.42. The highest BCUT2D eigenvalue weighted by Gasteiger charge is 2.39. The van der Waals surface area contributed by atoms with Crippen LogP contribution in [-0.2, 0) is 24.1 Å². The third-order valence-electron chi connectivity index (χ3n) is 1.53. The van der Waals surface area contributed by atoms with Crippen LogP contribution in [0.1, 0.15) is 0 Å². The molecule has 1 aliphatic heterocycles. The average Bonchev–Trinajstić information content (AvgIpc) is 2.00. The molecule has 0 aromatic heterocycles. The summed E-state index contributed by atoms with van der Waals surface area (Å²) in [6.07, 6.45) is -0.0803. The van der Waals surface area contributed by atoms with E-state index in [1.54, 1.807) is 0 Å². The van der Waals surface area contributed by atoms with Gasteiger partial charge in [-0.2, -0.15) is 8.42 Å². The van der Waals surface area contributed by atoms with Crippen molar-refractivity contribution in [2.24, 2.45) is 0 Å². The Labute approximate surface area is 82.1 Å². The first kappa shape index (κ1) is 11.2. The fourth-order valence-electron chi connectivity index (χ4n) is 1.09. The number of rotatable bonds is 2. The van der Waals surface area contributed by atoms with Gasteiger partial charge in [-0.3, -0.25) is 4.18 Å². The van der Waals surface area contributed by atoms with Crippen molar-refractivity contribution in [2.75, 3.05) is 17.8 Å². The zero-order chi connectivity index (χ0) is 10.3. The molecule has 1 heterocycles. The van der Waals surface area contributed by atoms with Crippen molar-refractivity contribution in [3.8, 4) is 0 Å². The van der Waals surface area contributed by atoms with Gasteiger partial charge in [0.05, 0.1) is 23.1 Å². The summed E-state index contributed by atoms with van der Waals surface area (Å²) in [5, 5.41) is -0.778. The second-order valence-electron chi connectivity index (χ2n) is 2.93. The van der Waals surface area contributed by atoms with E-state index in [1.807, 2.05) is 0 Å². The molecule has 0 unspecified atom stereocenters. The Morgan fingerprint density at radius 1 is 1.38 bits per heavy atom. The smallest absolute Gasteiger partial charge is 0.264 e. The Morgan fingerprint density at radius 3 is 2.23 bits per heavy atom.